The number of nitrogens with zero attached hydrogens (tertiary/aromatic N) is 4. The van der Waals surface area contributed by atoms with Crippen molar-refractivity contribution >= 4 is 11.7 Å². The Bertz CT molecular complexity index is 691. The molecule has 2 aromatic rings. The maximum absolute atomic E-state index is 11.6. The number of carbonyl (C=O) groups excluding carboxylic acids is 1. The maximum atomic E-state index is 11.6. The molecule has 2 aromatic heterocycles. The van der Waals surface area contributed by atoms with Gasteiger partial charge in [0.1, 0.15) is 5.82 Å². The quantitative estimate of drug-likeness (QED) is 0.904. The van der Waals surface area contributed by atoms with Crippen LogP contribution in [-0.2, 0) is 6.54 Å². The van der Waals surface area contributed by atoms with E-state index in [0.29, 0.717) is 12.1 Å². The summed E-state index contributed by atoms with van der Waals surface area (Å²) in [6.07, 6.45) is 4.81. The van der Waals surface area contributed by atoms with Gasteiger partial charge in [-0.3, -0.25) is 4.79 Å². The van der Waals surface area contributed by atoms with Gasteiger partial charge < -0.3 is 10.2 Å². The Labute approximate surface area is 122 Å². The van der Waals surface area contributed by atoms with Gasteiger partial charge in [-0.25, -0.2) is 9.67 Å². The highest BCUT2D eigenvalue weighted by Gasteiger charge is 2.23. The van der Waals surface area contributed by atoms with Crippen molar-refractivity contribution in [2.45, 2.75) is 19.9 Å². The molecule has 4 rings (SSSR count). The first-order chi connectivity index (χ1) is 10.2. The van der Waals surface area contributed by atoms with Crippen LogP contribution in [0.25, 0.3) is 5.69 Å². The summed E-state index contributed by atoms with van der Waals surface area (Å²) in [7, 11) is 0. The molecule has 0 spiro atoms. The summed E-state index contributed by atoms with van der Waals surface area (Å²) in [6.45, 7) is 4.93. The van der Waals surface area contributed by atoms with E-state index in [4.69, 9.17) is 0 Å². The standard InChI is InChI=1S/C15H17N5O/c1-10-4-5-19(8-10)14-3-2-11(6-16-14)20-9-12-13(18-20)7-17-15(12)21/h2-3,6,9-10H,4-5,7-8H2,1H3,(H,17,21)/t10-/m0/s1. The molecule has 1 atom stereocenters. The smallest absolute Gasteiger partial charge is 0.255 e. The monoisotopic (exact) mass is 283 g/mol. The molecule has 6 heteroatoms. The van der Waals surface area contributed by atoms with Crippen LogP contribution in [-0.4, -0.2) is 33.8 Å². The molecule has 1 saturated heterocycles. The third-order valence-corrected chi connectivity index (χ3v) is 4.20. The zero-order chi connectivity index (χ0) is 14.4. The van der Waals surface area contributed by atoms with Gasteiger partial charge in [-0.05, 0) is 24.5 Å². The second kappa shape index (κ2) is 4.58. The number of hydrogen-bond donors (Lipinski definition) is 1. The van der Waals surface area contributed by atoms with Gasteiger partial charge in [0.15, 0.2) is 0 Å². The van der Waals surface area contributed by atoms with E-state index in [-0.39, 0.29) is 5.91 Å². The molecule has 0 radical (unpaired) electrons. The number of hydrogen-bond acceptors (Lipinski definition) is 4. The molecule has 108 valence electrons. The molecule has 4 heterocycles. The van der Waals surface area contributed by atoms with E-state index < -0.39 is 0 Å². The van der Waals surface area contributed by atoms with Gasteiger partial charge in [0.05, 0.1) is 29.7 Å². The van der Waals surface area contributed by atoms with Gasteiger partial charge in [-0.15, -0.1) is 0 Å². The van der Waals surface area contributed by atoms with E-state index >= 15 is 0 Å². The van der Waals surface area contributed by atoms with Crippen LogP contribution >= 0.6 is 0 Å². The number of amides is 1. The molecule has 1 amide bonds. The first-order valence-electron chi connectivity index (χ1n) is 7.29. The fraction of sp³-hybridized carbons (Fsp3) is 0.400. The molecule has 2 aliphatic rings. The summed E-state index contributed by atoms with van der Waals surface area (Å²) >= 11 is 0. The fourth-order valence-corrected chi connectivity index (χ4v) is 2.97. The van der Waals surface area contributed by atoms with E-state index in [1.807, 2.05) is 18.3 Å². The van der Waals surface area contributed by atoms with E-state index in [2.05, 4.69) is 27.2 Å². The third-order valence-electron chi connectivity index (χ3n) is 4.20. The minimum atomic E-state index is -0.0492. The van der Waals surface area contributed by atoms with Crippen molar-refractivity contribution in [1.82, 2.24) is 20.1 Å². The molecule has 1 N–H and O–H groups in total. The molecule has 0 aromatic carbocycles. The SMILES string of the molecule is C[C@H]1CCN(c2ccc(-n3cc4c(n3)CNC4=O)cn2)C1. The Morgan fingerprint density at radius 3 is 2.95 bits per heavy atom. The van der Waals surface area contributed by atoms with Gasteiger partial charge in [0.25, 0.3) is 5.91 Å². The highest BCUT2D eigenvalue weighted by Crippen LogP contribution is 2.23. The summed E-state index contributed by atoms with van der Waals surface area (Å²) in [6, 6.07) is 4.03. The van der Waals surface area contributed by atoms with Crippen molar-refractivity contribution in [1.29, 1.82) is 0 Å². The lowest BCUT2D eigenvalue weighted by Gasteiger charge is -2.16. The lowest BCUT2D eigenvalue weighted by atomic mass is 10.2. The minimum Gasteiger partial charge on any atom is -0.356 e. The normalized spacial score (nSPS) is 20.7. The first kappa shape index (κ1) is 12.4. The van der Waals surface area contributed by atoms with Gasteiger partial charge in [0.2, 0.25) is 0 Å². The molecule has 21 heavy (non-hydrogen) atoms. The Morgan fingerprint density at radius 1 is 1.38 bits per heavy atom. The third kappa shape index (κ3) is 2.07. The van der Waals surface area contributed by atoms with Crippen molar-refractivity contribution in [3.63, 3.8) is 0 Å². The number of fused-ring (bicyclic) bond motifs is 1. The molecule has 0 aliphatic carbocycles. The molecule has 0 unspecified atom stereocenters. The number of nitrogens with one attached hydrogen (secondary N) is 1. The van der Waals surface area contributed by atoms with Crippen molar-refractivity contribution < 1.29 is 4.79 Å². The van der Waals surface area contributed by atoms with Crippen molar-refractivity contribution in [2.75, 3.05) is 18.0 Å². The summed E-state index contributed by atoms with van der Waals surface area (Å²) in [5, 5.41) is 7.19. The number of anilines is 1. The molecule has 0 bridgehead atoms. The second-order valence-electron chi connectivity index (χ2n) is 5.83. The highest BCUT2D eigenvalue weighted by molar-refractivity contribution is 5.97. The van der Waals surface area contributed by atoms with Crippen LogP contribution in [0.4, 0.5) is 5.82 Å². The summed E-state index contributed by atoms with van der Waals surface area (Å²) in [5.74, 6) is 1.70. The molecular formula is C15H17N5O. The van der Waals surface area contributed by atoms with Gasteiger partial charge in [0, 0.05) is 19.3 Å². The van der Waals surface area contributed by atoms with Crippen LogP contribution in [0.3, 0.4) is 0 Å². The molecule has 1 fully saturated rings. The van der Waals surface area contributed by atoms with Crippen LogP contribution < -0.4 is 10.2 Å². The number of aromatic nitrogens is 3. The van der Waals surface area contributed by atoms with E-state index in [9.17, 15) is 4.79 Å². The van der Waals surface area contributed by atoms with Crippen LogP contribution in [0.15, 0.2) is 24.5 Å². The van der Waals surface area contributed by atoms with Gasteiger partial charge in [-0.2, -0.15) is 5.10 Å². The van der Waals surface area contributed by atoms with Crippen LogP contribution in [0.2, 0.25) is 0 Å². The molecule has 2 aliphatic heterocycles. The van der Waals surface area contributed by atoms with Crippen molar-refractivity contribution in [2.24, 2.45) is 5.92 Å². The van der Waals surface area contributed by atoms with Crippen LogP contribution in [0.1, 0.15) is 29.4 Å². The van der Waals surface area contributed by atoms with Crippen molar-refractivity contribution in [3.05, 3.63) is 35.8 Å². The number of pyridine rings is 1. The Morgan fingerprint density at radius 2 is 2.29 bits per heavy atom. The summed E-state index contributed by atoms with van der Waals surface area (Å²) in [4.78, 5) is 18.4. The number of carbonyl (C=O) groups is 1. The molecule has 0 saturated carbocycles. The number of rotatable bonds is 2. The Hall–Kier alpha value is -2.37. The molecular weight excluding hydrogens is 266 g/mol. The minimum absolute atomic E-state index is 0.0492. The predicted molar refractivity (Wildman–Crippen MR) is 78.5 cm³/mol. The average molecular weight is 283 g/mol. The fourth-order valence-electron chi connectivity index (χ4n) is 2.97. The lowest BCUT2D eigenvalue weighted by Crippen LogP contribution is -2.20. The van der Waals surface area contributed by atoms with Crippen LogP contribution in [0, 0.1) is 5.92 Å². The largest absolute Gasteiger partial charge is 0.356 e. The van der Waals surface area contributed by atoms with E-state index in [1.54, 1.807) is 10.9 Å². The van der Waals surface area contributed by atoms with Crippen molar-refractivity contribution in [3.8, 4) is 5.69 Å². The summed E-state index contributed by atoms with van der Waals surface area (Å²) in [5.41, 5.74) is 2.35. The Kier molecular flexibility index (Phi) is 2.70. The van der Waals surface area contributed by atoms with Gasteiger partial charge in [-0.1, -0.05) is 6.92 Å². The van der Waals surface area contributed by atoms with Crippen LogP contribution in [0.5, 0.6) is 0 Å². The lowest BCUT2D eigenvalue weighted by molar-refractivity contribution is 0.0965. The summed E-state index contributed by atoms with van der Waals surface area (Å²) < 4.78 is 1.73. The average Bonchev–Trinajstić information content (AvgIpc) is 3.17. The second-order valence-corrected chi connectivity index (χ2v) is 5.83. The highest BCUT2D eigenvalue weighted by atomic mass is 16.2. The van der Waals surface area contributed by atoms with E-state index in [0.717, 1.165) is 36.2 Å². The predicted octanol–water partition coefficient (Wildman–Crippen LogP) is 1.36. The maximum Gasteiger partial charge on any atom is 0.255 e. The topological polar surface area (TPSA) is 63.1 Å². The first-order valence-corrected chi connectivity index (χ1v) is 7.29. The zero-order valence-electron chi connectivity index (χ0n) is 11.9. The Balaban J connectivity index is 1.59. The van der Waals surface area contributed by atoms with Gasteiger partial charge >= 0.3 is 0 Å². The molecule has 6 nitrogen and oxygen atoms in total. The van der Waals surface area contributed by atoms with E-state index in [1.165, 1.54) is 6.42 Å². The zero-order valence-corrected chi connectivity index (χ0v) is 11.9.